The minimum atomic E-state index is -0.362. The van der Waals surface area contributed by atoms with Crippen LogP contribution in [0.5, 0.6) is 0 Å². The summed E-state index contributed by atoms with van der Waals surface area (Å²) in [7, 11) is 0. The maximum atomic E-state index is 12.2. The van der Waals surface area contributed by atoms with E-state index in [4.69, 9.17) is 0 Å². The lowest BCUT2D eigenvalue weighted by atomic mass is 10.0. The zero-order chi connectivity index (χ0) is 12.4. The van der Waals surface area contributed by atoms with Gasteiger partial charge in [-0.3, -0.25) is 4.79 Å². The molecule has 0 aliphatic carbocycles. The van der Waals surface area contributed by atoms with E-state index in [2.05, 4.69) is 0 Å². The number of benzene rings is 1. The zero-order valence-corrected chi connectivity index (χ0v) is 10.4. The lowest BCUT2D eigenvalue weighted by Crippen LogP contribution is -2.42. The van der Waals surface area contributed by atoms with E-state index in [9.17, 15) is 9.90 Å². The monoisotopic (exact) mass is 233 g/mol. The van der Waals surface area contributed by atoms with Crippen molar-refractivity contribution in [3.63, 3.8) is 0 Å². The molecule has 0 radical (unpaired) electrons. The van der Waals surface area contributed by atoms with Crippen molar-refractivity contribution < 1.29 is 9.90 Å². The maximum Gasteiger partial charge on any atom is 0.253 e. The lowest BCUT2D eigenvalue weighted by molar-refractivity contribution is 0.0473. The molecule has 3 heteroatoms. The highest BCUT2D eigenvalue weighted by atomic mass is 16.3. The molecule has 1 aromatic carbocycles. The van der Waals surface area contributed by atoms with Gasteiger partial charge in [-0.05, 0) is 49.9 Å². The summed E-state index contributed by atoms with van der Waals surface area (Å²) in [5.41, 5.74) is 3.05. The fourth-order valence-electron chi connectivity index (χ4n) is 2.20. The van der Waals surface area contributed by atoms with Crippen molar-refractivity contribution in [3.05, 3.63) is 34.9 Å². The summed E-state index contributed by atoms with van der Waals surface area (Å²) in [6.07, 6.45) is 1.33. The van der Waals surface area contributed by atoms with Crippen molar-refractivity contribution in [2.75, 3.05) is 13.1 Å². The van der Waals surface area contributed by atoms with Gasteiger partial charge >= 0.3 is 0 Å². The third kappa shape index (κ3) is 2.67. The number of aryl methyl sites for hydroxylation is 2. The second kappa shape index (κ2) is 4.88. The summed E-state index contributed by atoms with van der Waals surface area (Å²) >= 11 is 0. The summed E-state index contributed by atoms with van der Waals surface area (Å²) < 4.78 is 0. The number of hydrogen-bond donors (Lipinski definition) is 1. The first-order valence-corrected chi connectivity index (χ1v) is 6.12. The molecule has 1 aliphatic rings. The molecule has 1 N–H and O–H groups in total. The molecule has 17 heavy (non-hydrogen) atoms. The zero-order valence-electron chi connectivity index (χ0n) is 10.4. The molecule has 0 bridgehead atoms. The van der Waals surface area contributed by atoms with Gasteiger partial charge in [0.15, 0.2) is 0 Å². The van der Waals surface area contributed by atoms with Crippen LogP contribution in [0.1, 0.15) is 34.3 Å². The van der Waals surface area contributed by atoms with Gasteiger partial charge in [-0.1, -0.05) is 6.07 Å². The first-order chi connectivity index (χ1) is 8.08. The Morgan fingerprint density at radius 2 is 2.12 bits per heavy atom. The Morgan fingerprint density at radius 1 is 1.35 bits per heavy atom. The van der Waals surface area contributed by atoms with Crippen molar-refractivity contribution in [1.82, 2.24) is 4.90 Å². The van der Waals surface area contributed by atoms with Gasteiger partial charge in [0.1, 0.15) is 0 Å². The number of rotatable bonds is 1. The fourth-order valence-corrected chi connectivity index (χ4v) is 2.20. The lowest BCUT2D eigenvalue weighted by Gasteiger charge is -2.30. The van der Waals surface area contributed by atoms with Gasteiger partial charge < -0.3 is 10.0 Å². The van der Waals surface area contributed by atoms with E-state index in [1.54, 1.807) is 4.90 Å². The minimum absolute atomic E-state index is 0.0341. The van der Waals surface area contributed by atoms with Crippen molar-refractivity contribution in [2.24, 2.45) is 0 Å². The molecule has 0 unspecified atom stereocenters. The van der Waals surface area contributed by atoms with Crippen molar-refractivity contribution in [3.8, 4) is 0 Å². The van der Waals surface area contributed by atoms with Gasteiger partial charge in [0.2, 0.25) is 0 Å². The van der Waals surface area contributed by atoms with Crippen LogP contribution in [0.3, 0.4) is 0 Å². The molecule has 2 rings (SSSR count). The molecule has 1 aliphatic heterocycles. The molecule has 1 heterocycles. The Hall–Kier alpha value is -1.35. The molecular weight excluding hydrogens is 214 g/mol. The van der Waals surface area contributed by atoms with E-state index in [0.717, 1.165) is 30.5 Å². The summed E-state index contributed by atoms with van der Waals surface area (Å²) in [5, 5.41) is 9.58. The molecule has 1 aromatic rings. The van der Waals surface area contributed by atoms with Crippen LogP contribution in [0.4, 0.5) is 0 Å². The standard InChI is InChI=1S/C14H19NO2/c1-10-5-6-12(8-11(10)2)14(17)15-7-3-4-13(16)9-15/h5-6,8,13,16H,3-4,7,9H2,1-2H3/t13-/m0/s1. The molecule has 1 saturated heterocycles. The van der Waals surface area contributed by atoms with Crippen molar-refractivity contribution in [2.45, 2.75) is 32.8 Å². The molecule has 92 valence electrons. The number of carbonyl (C=O) groups is 1. The Labute approximate surface area is 102 Å². The van der Waals surface area contributed by atoms with Gasteiger partial charge in [-0.15, -0.1) is 0 Å². The van der Waals surface area contributed by atoms with Gasteiger partial charge in [0, 0.05) is 18.7 Å². The van der Waals surface area contributed by atoms with Gasteiger partial charge in [-0.25, -0.2) is 0 Å². The third-order valence-corrected chi connectivity index (χ3v) is 3.44. The Morgan fingerprint density at radius 3 is 2.76 bits per heavy atom. The predicted molar refractivity (Wildman–Crippen MR) is 67.1 cm³/mol. The van der Waals surface area contributed by atoms with Crippen LogP contribution >= 0.6 is 0 Å². The summed E-state index contributed by atoms with van der Waals surface area (Å²) in [5.74, 6) is 0.0341. The smallest absolute Gasteiger partial charge is 0.253 e. The average molecular weight is 233 g/mol. The molecule has 0 spiro atoms. The van der Waals surface area contributed by atoms with Crippen molar-refractivity contribution in [1.29, 1.82) is 0 Å². The SMILES string of the molecule is Cc1ccc(C(=O)N2CCC[C@H](O)C2)cc1C. The van der Waals surface area contributed by atoms with Crippen LogP contribution in [-0.2, 0) is 0 Å². The second-order valence-electron chi connectivity index (χ2n) is 4.85. The van der Waals surface area contributed by atoms with E-state index < -0.39 is 0 Å². The highest BCUT2D eigenvalue weighted by molar-refractivity contribution is 5.94. The van der Waals surface area contributed by atoms with Gasteiger partial charge in [-0.2, -0.15) is 0 Å². The fraction of sp³-hybridized carbons (Fsp3) is 0.500. The van der Waals surface area contributed by atoms with E-state index in [1.807, 2.05) is 32.0 Å². The highest BCUT2D eigenvalue weighted by Gasteiger charge is 2.22. The van der Waals surface area contributed by atoms with E-state index >= 15 is 0 Å². The van der Waals surface area contributed by atoms with Gasteiger partial charge in [0.25, 0.3) is 5.91 Å². The van der Waals surface area contributed by atoms with Crippen molar-refractivity contribution >= 4 is 5.91 Å². The number of aliphatic hydroxyl groups is 1. The number of hydrogen-bond acceptors (Lipinski definition) is 2. The quantitative estimate of drug-likeness (QED) is 0.804. The number of nitrogens with zero attached hydrogens (tertiary/aromatic N) is 1. The van der Waals surface area contributed by atoms with Crippen LogP contribution in [0, 0.1) is 13.8 Å². The Kier molecular flexibility index (Phi) is 3.48. The number of piperidine rings is 1. The van der Waals surface area contributed by atoms with Crippen LogP contribution in [0.15, 0.2) is 18.2 Å². The molecule has 0 saturated carbocycles. The van der Waals surface area contributed by atoms with Crippen LogP contribution < -0.4 is 0 Å². The van der Waals surface area contributed by atoms with E-state index in [1.165, 1.54) is 5.56 Å². The highest BCUT2D eigenvalue weighted by Crippen LogP contribution is 2.16. The van der Waals surface area contributed by atoms with Crippen LogP contribution in [0.2, 0.25) is 0 Å². The molecule has 1 fully saturated rings. The minimum Gasteiger partial charge on any atom is -0.391 e. The maximum absolute atomic E-state index is 12.2. The van der Waals surface area contributed by atoms with E-state index in [0.29, 0.717) is 6.54 Å². The molecule has 0 aromatic heterocycles. The summed E-state index contributed by atoms with van der Waals surface area (Å²) in [6.45, 7) is 5.26. The number of amides is 1. The van der Waals surface area contributed by atoms with Crippen LogP contribution in [-0.4, -0.2) is 35.1 Å². The average Bonchev–Trinajstić information content (AvgIpc) is 2.32. The first-order valence-electron chi connectivity index (χ1n) is 6.12. The number of aliphatic hydroxyl groups excluding tert-OH is 1. The third-order valence-electron chi connectivity index (χ3n) is 3.44. The molecule has 3 nitrogen and oxygen atoms in total. The number of β-amino-alcohol motifs (C(OH)–C–C–N with tert-alkyl or cyclic N) is 1. The molecular formula is C14H19NO2. The Balaban J connectivity index is 2.15. The summed E-state index contributed by atoms with van der Waals surface area (Å²) in [4.78, 5) is 14.0. The molecule has 1 atom stereocenters. The predicted octanol–water partition coefficient (Wildman–Crippen LogP) is 1.90. The number of likely N-dealkylation sites (tertiary alicyclic amines) is 1. The van der Waals surface area contributed by atoms with E-state index in [-0.39, 0.29) is 12.0 Å². The number of carbonyl (C=O) groups excluding carboxylic acids is 1. The second-order valence-corrected chi connectivity index (χ2v) is 4.85. The Bertz CT molecular complexity index is 428. The summed E-state index contributed by atoms with van der Waals surface area (Å²) in [6, 6.07) is 5.77. The topological polar surface area (TPSA) is 40.5 Å². The largest absolute Gasteiger partial charge is 0.391 e. The molecule has 1 amide bonds. The van der Waals surface area contributed by atoms with Gasteiger partial charge in [0.05, 0.1) is 6.10 Å². The first kappa shape index (κ1) is 12.1. The normalized spacial score (nSPS) is 20.4. The van der Waals surface area contributed by atoms with Crippen LogP contribution in [0.25, 0.3) is 0 Å².